The number of hydrogen-bond acceptors (Lipinski definition) is 3. The van der Waals surface area contributed by atoms with Gasteiger partial charge in [-0.2, -0.15) is 0 Å². The molecule has 0 saturated carbocycles. The lowest BCUT2D eigenvalue weighted by Crippen LogP contribution is -2.42. The summed E-state index contributed by atoms with van der Waals surface area (Å²) in [6.45, 7) is 6.11. The number of fused-ring (bicyclic) bond motifs is 1. The first-order chi connectivity index (χ1) is 13.1. The van der Waals surface area contributed by atoms with Gasteiger partial charge in [0.2, 0.25) is 0 Å². The van der Waals surface area contributed by atoms with Crippen LogP contribution in [-0.2, 0) is 6.42 Å². The molecule has 0 aliphatic carbocycles. The summed E-state index contributed by atoms with van der Waals surface area (Å²) in [6, 6.07) is 22.9. The Bertz CT molecular complexity index is 856. The van der Waals surface area contributed by atoms with Gasteiger partial charge in [0, 0.05) is 5.54 Å². The van der Waals surface area contributed by atoms with Crippen molar-refractivity contribution in [3.05, 3.63) is 72.3 Å². The minimum atomic E-state index is 0.0392. The van der Waals surface area contributed by atoms with Gasteiger partial charge in [-0.1, -0.05) is 42.5 Å². The molecule has 0 saturated heterocycles. The third kappa shape index (κ3) is 5.73. The number of benzene rings is 3. The fourth-order valence-electron chi connectivity index (χ4n) is 3.26. The molecule has 0 unspecified atom stereocenters. The van der Waals surface area contributed by atoms with Crippen LogP contribution in [0.3, 0.4) is 0 Å². The van der Waals surface area contributed by atoms with Crippen molar-refractivity contribution in [3.63, 3.8) is 0 Å². The van der Waals surface area contributed by atoms with Crippen LogP contribution in [0.25, 0.3) is 10.8 Å². The van der Waals surface area contributed by atoms with E-state index in [0.717, 1.165) is 30.9 Å². The van der Waals surface area contributed by atoms with E-state index in [9.17, 15) is 0 Å². The third-order valence-electron chi connectivity index (χ3n) is 4.72. The zero-order valence-corrected chi connectivity index (χ0v) is 16.5. The summed E-state index contributed by atoms with van der Waals surface area (Å²) in [6.07, 6.45) is 1.95. The first kappa shape index (κ1) is 19.2. The number of ether oxygens (including phenoxy) is 2. The van der Waals surface area contributed by atoms with E-state index >= 15 is 0 Å². The molecular weight excluding hydrogens is 334 g/mol. The molecule has 1 N–H and O–H groups in total. The molecule has 27 heavy (non-hydrogen) atoms. The molecule has 142 valence electrons. The van der Waals surface area contributed by atoms with Gasteiger partial charge in [-0.15, -0.1) is 0 Å². The fraction of sp³-hybridized carbons (Fsp3) is 0.333. The molecule has 3 aromatic carbocycles. The van der Waals surface area contributed by atoms with Gasteiger partial charge in [-0.3, -0.25) is 0 Å². The maximum absolute atomic E-state index is 5.92. The summed E-state index contributed by atoms with van der Waals surface area (Å²) in [5, 5.41) is 6.10. The van der Waals surface area contributed by atoms with Crippen molar-refractivity contribution in [2.24, 2.45) is 0 Å². The van der Waals surface area contributed by atoms with Gasteiger partial charge in [0.05, 0.1) is 13.7 Å². The Morgan fingerprint density at radius 3 is 2.30 bits per heavy atom. The number of nitrogens with one attached hydrogen (secondary N) is 1. The molecule has 0 aromatic heterocycles. The molecule has 0 fully saturated rings. The predicted molar refractivity (Wildman–Crippen MR) is 113 cm³/mol. The molecule has 3 nitrogen and oxygen atoms in total. The van der Waals surface area contributed by atoms with E-state index in [1.165, 1.54) is 16.3 Å². The van der Waals surface area contributed by atoms with Crippen LogP contribution >= 0.6 is 0 Å². The van der Waals surface area contributed by atoms with Crippen LogP contribution in [0.5, 0.6) is 11.5 Å². The zero-order chi connectivity index (χ0) is 19.1. The molecular formula is C24H29NO2. The molecule has 0 atom stereocenters. The van der Waals surface area contributed by atoms with Crippen LogP contribution in [0.4, 0.5) is 0 Å². The fourth-order valence-corrected chi connectivity index (χ4v) is 3.26. The quantitative estimate of drug-likeness (QED) is 0.528. The average Bonchev–Trinajstić information content (AvgIpc) is 2.68. The van der Waals surface area contributed by atoms with Gasteiger partial charge >= 0.3 is 0 Å². The van der Waals surface area contributed by atoms with Gasteiger partial charge in [-0.25, -0.2) is 0 Å². The van der Waals surface area contributed by atoms with Crippen molar-refractivity contribution in [1.82, 2.24) is 5.32 Å². The minimum absolute atomic E-state index is 0.0392. The lowest BCUT2D eigenvalue weighted by atomic mass is 9.95. The average molecular weight is 364 g/mol. The topological polar surface area (TPSA) is 30.5 Å². The lowest BCUT2D eigenvalue weighted by Gasteiger charge is -2.26. The van der Waals surface area contributed by atoms with E-state index in [1.807, 2.05) is 18.2 Å². The summed E-state index contributed by atoms with van der Waals surface area (Å²) in [5.74, 6) is 1.83. The van der Waals surface area contributed by atoms with E-state index in [2.05, 4.69) is 67.7 Å². The highest BCUT2D eigenvalue weighted by Crippen LogP contribution is 2.21. The van der Waals surface area contributed by atoms with E-state index in [0.29, 0.717) is 6.61 Å². The standard InChI is InChI=1S/C24H29NO2/c1-24(2,18-19-9-12-22(26-3)13-10-19)25-15-6-16-27-23-14-11-20-7-4-5-8-21(20)17-23/h4-5,7-14,17,25H,6,15-16,18H2,1-3H3. The molecule has 0 bridgehead atoms. The van der Waals surface area contributed by atoms with Crippen molar-refractivity contribution in [2.75, 3.05) is 20.3 Å². The normalized spacial score (nSPS) is 11.5. The smallest absolute Gasteiger partial charge is 0.119 e. The van der Waals surface area contributed by atoms with Gasteiger partial charge in [0.25, 0.3) is 0 Å². The summed E-state index contributed by atoms with van der Waals surface area (Å²) in [7, 11) is 1.69. The van der Waals surface area contributed by atoms with E-state index in [-0.39, 0.29) is 5.54 Å². The second kappa shape index (κ2) is 8.92. The van der Waals surface area contributed by atoms with Gasteiger partial charge in [0.15, 0.2) is 0 Å². The predicted octanol–water partition coefficient (Wildman–Crippen LogP) is 5.23. The molecule has 0 spiro atoms. The second-order valence-corrected chi connectivity index (χ2v) is 7.55. The summed E-state index contributed by atoms with van der Waals surface area (Å²) < 4.78 is 11.1. The summed E-state index contributed by atoms with van der Waals surface area (Å²) >= 11 is 0. The zero-order valence-electron chi connectivity index (χ0n) is 16.5. The molecule has 0 amide bonds. The van der Waals surface area contributed by atoms with Crippen LogP contribution in [0.1, 0.15) is 25.8 Å². The van der Waals surface area contributed by atoms with Crippen molar-refractivity contribution >= 4 is 10.8 Å². The molecule has 0 aliphatic rings. The summed E-state index contributed by atoms with van der Waals surface area (Å²) in [4.78, 5) is 0. The van der Waals surface area contributed by atoms with Gasteiger partial charge in [-0.05, 0) is 73.8 Å². The highest BCUT2D eigenvalue weighted by Gasteiger charge is 2.17. The van der Waals surface area contributed by atoms with Crippen molar-refractivity contribution < 1.29 is 9.47 Å². The van der Waals surface area contributed by atoms with E-state index < -0.39 is 0 Å². The molecule has 3 aromatic rings. The van der Waals surface area contributed by atoms with Crippen LogP contribution in [0.2, 0.25) is 0 Å². The minimum Gasteiger partial charge on any atom is -0.497 e. The Morgan fingerprint density at radius 2 is 1.56 bits per heavy atom. The Balaban J connectivity index is 1.41. The first-order valence-electron chi connectivity index (χ1n) is 9.55. The number of hydrogen-bond donors (Lipinski definition) is 1. The Morgan fingerprint density at radius 1 is 0.852 bits per heavy atom. The molecule has 0 aliphatic heterocycles. The Hall–Kier alpha value is -2.52. The molecule has 0 radical (unpaired) electrons. The largest absolute Gasteiger partial charge is 0.497 e. The molecule has 3 heteroatoms. The molecule has 3 rings (SSSR count). The van der Waals surface area contributed by atoms with Crippen molar-refractivity contribution in [1.29, 1.82) is 0 Å². The Labute approximate surface area is 162 Å². The Kier molecular flexibility index (Phi) is 6.36. The van der Waals surface area contributed by atoms with Gasteiger partial charge < -0.3 is 14.8 Å². The van der Waals surface area contributed by atoms with E-state index in [1.54, 1.807) is 7.11 Å². The van der Waals surface area contributed by atoms with Crippen LogP contribution in [0, 0.1) is 0 Å². The maximum atomic E-state index is 5.92. The SMILES string of the molecule is COc1ccc(CC(C)(C)NCCCOc2ccc3ccccc3c2)cc1. The first-order valence-corrected chi connectivity index (χ1v) is 9.55. The molecule has 0 heterocycles. The van der Waals surface area contributed by atoms with Gasteiger partial charge in [0.1, 0.15) is 11.5 Å². The van der Waals surface area contributed by atoms with Crippen molar-refractivity contribution in [2.45, 2.75) is 32.2 Å². The third-order valence-corrected chi connectivity index (χ3v) is 4.72. The highest BCUT2D eigenvalue weighted by atomic mass is 16.5. The van der Waals surface area contributed by atoms with Crippen LogP contribution in [-0.4, -0.2) is 25.8 Å². The monoisotopic (exact) mass is 363 g/mol. The lowest BCUT2D eigenvalue weighted by molar-refractivity contribution is 0.294. The maximum Gasteiger partial charge on any atom is 0.119 e. The summed E-state index contributed by atoms with van der Waals surface area (Å²) in [5.41, 5.74) is 1.35. The van der Waals surface area contributed by atoms with Crippen LogP contribution < -0.4 is 14.8 Å². The number of methoxy groups -OCH3 is 1. The second-order valence-electron chi connectivity index (χ2n) is 7.55. The van der Waals surface area contributed by atoms with Crippen molar-refractivity contribution in [3.8, 4) is 11.5 Å². The number of rotatable bonds is 9. The van der Waals surface area contributed by atoms with E-state index in [4.69, 9.17) is 9.47 Å². The van der Waals surface area contributed by atoms with Crippen LogP contribution in [0.15, 0.2) is 66.7 Å². The highest BCUT2D eigenvalue weighted by molar-refractivity contribution is 5.83.